The maximum atomic E-state index is 6.35. The van der Waals surface area contributed by atoms with E-state index in [0.29, 0.717) is 0 Å². The Hall–Kier alpha value is -4.05. The molecule has 0 N–H and O–H groups in total. The van der Waals surface area contributed by atoms with Gasteiger partial charge >= 0.3 is 0 Å². The lowest BCUT2D eigenvalue weighted by Gasteiger charge is -2.21. The molecule has 0 fully saturated rings. The number of fused-ring (bicyclic) bond motifs is 5. The zero-order valence-corrected chi connectivity index (χ0v) is 16.3. The first-order chi connectivity index (χ1) is 14.8. The van der Waals surface area contributed by atoms with E-state index < -0.39 is 0 Å². The molecule has 30 heavy (non-hydrogen) atoms. The van der Waals surface area contributed by atoms with Crippen molar-refractivity contribution in [1.29, 1.82) is 0 Å². The first-order valence-electron chi connectivity index (χ1n) is 10.1. The van der Waals surface area contributed by atoms with Gasteiger partial charge in [0.25, 0.3) is 0 Å². The number of hydrogen-bond donors (Lipinski definition) is 0. The summed E-state index contributed by atoms with van der Waals surface area (Å²) in [6.45, 7) is 2.04. The number of imidazole rings is 1. The minimum absolute atomic E-state index is 0.843. The lowest BCUT2D eigenvalue weighted by Crippen LogP contribution is -2.06. The standard InChI is InChI=1S/C26H17N3O/c1-16-27-20-9-6-12-24-26(20)28(16)23-14-13-17(15-25(23)30-24)29-21-10-4-2-7-18(21)19-8-3-5-11-22(19)29/h2-15H,1H3. The van der Waals surface area contributed by atoms with Crippen LogP contribution in [0.4, 0.5) is 0 Å². The van der Waals surface area contributed by atoms with E-state index >= 15 is 0 Å². The van der Waals surface area contributed by atoms with Crippen molar-refractivity contribution in [2.45, 2.75) is 6.92 Å². The Labute approximate surface area is 172 Å². The predicted octanol–water partition coefficient (Wildman–Crippen LogP) is 6.54. The van der Waals surface area contributed by atoms with Crippen LogP contribution in [0.1, 0.15) is 5.82 Å². The van der Waals surface area contributed by atoms with Crippen molar-refractivity contribution in [3.8, 4) is 22.9 Å². The maximum absolute atomic E-state index is 6.35. The van der Waals surface area contributed by atoms with Gasteiger partial charge in [-0.25, -0.2) is 4.98 Å². The Morgan fingerprint density at radius 1 is 0.700 bits per heavy atom. The molecule has 2 aromatic heterocycles. The van der Waals surface area contributed by atoms with Crippen LogP contribution in [-0.4, -0.2) is 14.1 Å². The molecule has 1 aliphatic rings. The highest BCUT2D eigenvalue weighted by Crippen LogP contribution is 2.42. The summed E-state index contributed by atoms with van der Waals surface area (Å²) in [4.78, 5) is 4.72. The zero-order chi connectivity index (χ0) is 19.8. The summed E-state index contributed by atoms with van der Waals surface area (Å²) in [5, 5.41) is 2.51. The van der Waals surface area contributed by atoms with Crippen molar-refractivity contribution in [1.82, 2.24) is 14.1 Å². The topological polar surface area (TPSA) is 32.0 Å². The van der Waals surface area contributed by atoms with Gasteiger partial charge in [0.1, 0.15) is 11.3 Å². The molecule has 1 aliphatic heterocycles. The molecule has 0 saturated carbocycles. The zero-order valence-electron chi connectivity index (χ0n) is 16.3. The highest BCUT2D eigenvalue weighted by molar-refractivity contribution is 6.09. The second-order valence-electron chi connectivity index (χ2n) is 7.74. The van der Waals surface area contributed by atoms with Gasteiger partial charge < -0.3 is 9.30 Å². The van der Waals surface area contributed by atoms with Gasteiger partial charge in [0.2, 0.25) is 0 Å². The minimum Gasteiger partial charge on any atom is -0.453 e. The van der Waals surface area contributed by atoms with Gasteiger partial charge in [0.05, 0.1) is 27.9 Å². The van der Waals surface area contributed by atoms with Crippen LogP contribution in [0.25, 0.3) is 44.2 Å². The summed E-state index contributed by atoms with van der Waals surface area (Å²) in [5.74, 6) is 2.65. The summed E-state index contributed by atoms with van der Waals surface area (Å²) in [5.41, 5.74) is 6.49. The molecule has 0 spiro atoms. The van der Waals surface area contributed by atoms with Crippen molar-refractivity contribution in [2.24, 2.45) is 0 Å². The molecule has 3 heterocycles. The molecule has 142 valence electrons. The van der Waals surface area contributed by atoms with E-state index in [1.54, 1.807) is 0 Å². The van der Waals surface area contributed by atoms with Gasteiger partial charge in [-0.2, -0.15) is 0 Å². The van der Waals surface area contributed by atoms with Crippen LogP contribution in [-0.2, 0) is 0 Å². The summed E-state index contributed by atoms with van der Waals surface area (Å²) in [7, 11) is 0. The van der Waals surface area contributed by atoms with E-state index in [9.17, 15) is 0 Å². The lowest BCUT2D eigenvalue weighted by atomic mass is 10.2. The highest BCUT2D eigenvalue weighted by Gasteiger charge is 2.23. The fourth-order valence-electron chi connectivity index (χ4n) is 4.82. The number of aryl methyl sites for hydroxylation is 1. The Morgan fingerprint density at radius 2 is 1.43 bits per heavy atom. The van der Waals surface area contributed by atoms with Crippen LogP contribution in [0, 0.1) is 6.92 Å². The molecule has 0 radical (unpaired) electrons. The number of ether oxygens (including phenoxy) is 1. The third-order valence-corrected chi connectivity index (χ3v) is 6.05. The average molecular weight is 387 g/mol. The number of aromatic nitrogens is 3. The van der Waals surface area contributed by atoms with Crippen LogP contribution in [0.5, 0.6) is 11.5 Å². The van der Waals surface area contributed by atoms with Gasteiger partial charge in [-0.05, 0) is 43.3 Å². The Balaban J connectivity index is 1.53. The van der Waals surface area contributed by atoms with Crippen molar-refractivity contribution in [3.05, 3.63) is 90.8 Å². The lowest BCUT2D eigenvalue weighted by molar-refractivity contribution is 0.474. The first-order valence-corrected chi connectivity index (χ1v) is 10.1. The van der Waals surface area contributed by atoms with Gasteiger partial charge in [-0.1, -0.05) is 42.5 Å². The van der Waals surface area contributed by atoms with E-state index in [0.717, 1.165) is 39.7 Å². The molecule has 7 rings (SSSR count). The Kier molecular flexibility index (Phi) is 2.91. The number of benzene rings is 4. The summed E-state index contributed by atoms with van der Waals surface area (Å²) in [6, 6.07) is 29.6. The van der Waals surface area contributed by atoms with E-state index in [4.69, 9.17) is 9.72 Å². The molecular formula is C26H17N3O. The Bertz CT molecular complexity index is 1580. The largest absolute Gasteiger partial charge is 0.453 e. The smallest absolute Gasteiger partial charge is 0.153 e. The first kappa shape index (κ1) is 15.8. The second-order valence-corrected chi connectivity index (χ2v) is 7.74. The fraction of sp³-hybridized carbons (Fsp3) is 0.0385. The van der Waals surface area contributed by atoms with Crippen LogP contribution >= 0.6 is 0 Å². The number of rotatable bonds is 1. The summed E-state index contributed by atoms with van der Waals surface area (Å²) >= 11 is 0. The van der Waals surface area contributed by atoms with Crippen LogP contribution < -0.4 is 4.74 Å². The van der Waals surface area contributed by atoms with Gasteiger partial charge in [0.15, 0.2) is 11.5 Å². The van der Waals surface area contributed by atoms with Crippen molar-refractivity contribution < 1.29 is 4.74 Å². The monoisotopic (exact) mass is 387 g/mol. The normalized spacial score (nSPS) is 12.4. The van der Waals surface area contributed by atoms with E-state index in [2.05, 4.69) is 75.9 Å². The van der Waals surface area contributed by atoms with Crippen LogP contribution in [0.2, 0.25) is 0 Å². The third kappa shape index (κ3) is 1.93. The Morgan fingerprint density at radius 3 is 2.20 bits per heavy atom. The maximum Gasteiger partial charge on any atom is 0.153 e. The molecule has 4 nitrogen and oxygen atoms in total. The molecule has 6 aromatic rings. The van der Waals surface area contributed by atoms with Crippen LogP contribution in [0.15, 0.2) is 84.9 Å². The molecule has 4 aromatic carbocycles. The quantitative estimate of drug-likeness (QED) is 0.320. The van der Waals surface area contributed by atoms with Gasteiger partial charge in [0, 0.05) is 16.8 Å². The van der Waals surface area contributed by atoms with Crippen molar-refractivity contribution in [3.63, 3.8) is 0 Å². The molecule has 0 amide bonds. The molecule has 0 bridgehead atoms. The number of para-hydroxylation sites is 3. The number of nitrogens with zero attached hydrogens (tertiary/aromatic N) is 3. The highest BCUT2D eigenvalue weighted by atomic mass is 16.5. The second kappa shape index (κ2) is 5.51. The fourth-order valence-corrected chi connectivity index (χ4v) is 4.82. The molecular weight excluding hydrogens is 370 g/mol. The van der Waals surface area contributed by atoms with E-state index in [1.807, 2.05) is 25.1 Å². The average Bonchev–Trinajstić information content (AvgIpc) is 3.30. The van der Waals surface area contributed by atoms with Gasteiger partial charge in [-0.15, -0.1) is 0 Å². The summed E-state index contributed by atoms with van der Waals surface area (Å²) < 4.78 is 10.9. The SMILES string of the molecule is Cc1nc2cccc3c2n1-c1ccc(-n2c4ccccc4c4ccccc42)cc1O3. The third-order valence-electron chi connectivity index (χ3n) is 6.05. The summed E-state index contributed by atoms with van der Waals surface area (Å²) in [6.07, 6.45) is 0. The van der Waals surface area contributed by atoms with Crippen molar-refractivity contribution in [2.75, 3.05) is 0 Å². The van der Waals surface area contributed by atoms with Crippen LogP contribution in [0.3, 0.4) is 0 Å². The van der Waals surface area contributed by atoms with E-state index in [1.165, 1.54) is 21.8 Å². The molecule has 0 atom stereocenters. The molecule has 0 aliphatic carbocycles. The predicted molar refractivity (Wildman–Crippen MR) is 120 cm³/mol. The van der Waals surface area contributed by atoms with Crippen molar-refractivity contribution >= 4 is 32.8 Å². The van der Waals surface area contributed by atoms with E-state index in [-0.39, 0.29) is 0 Å². The van der Waals surface area contributed by atoms with Gasteiger partial charge in [-0.3, -0.25) is 4.57 Å². The molecule has 0 unspecified atom stereocenters. The number of hydrogen-bond acceptors (Lipinski definition) is 2. The minimum atomic E-state index is 0.843. The molecule has 4 heteroatoms. The molecule has 0 saturated heterocycles.